The van der Waals surface area contributed by atoms with Crippen LogP contribution in [0.4, 0.5) is 5.82 Å². The third-order valence-electron chi connectivity index (χ3n) is 3.73. The van der Waals surface area contributed by atoms with Crippen molar-refractivity contribution in [2.75, 3.05) is 18.0 Å². The number of anilines is 1. The predicted octanol–water partition coefficient (Wildman–Crippen LogP) is 2.57. The summed E-state index contributed by atoms with van der Waals surface area (Å²) in [5.41, 5.74) is 2.00. The number of carbonyl (C=O) groups excluding carboxylic acids is 1. The Labute approximate surface area is 137 Å². The average Bonchev–Trinajstić information content (AvgIpc) is 2.60. The second kappa shape index (κ2) is 8.88. The van der Waals surface area contributed by atoms with E-state index in [0.29, 0.717) is 19.4 Å². The van der Waals surface area contributed by atoms with Gasteiger partial charge in [-0.3, -0.25) is 9.78 Å². The van der Waals surface area contributed by atoms with Crippen molar-refractivity contribution in [3.05, 3.63) is 54.0 Å². The van der Waals surface area contributed by atoms with Gasteiger partial charge >= 0.3 is 0 Å². The molecule has 0 saturated heterocycles. The molecule has 0 aliphatic carbocycles. The quantitative estimate of drug-likeness (QED) is 0.814. The van der Waals surface area contributed by atoms with Crippen LogP contribution in [0.2, 0.25) is 0 Å². The van der Waals surface area contributed by atoms with Crippen molar-refractivity contribution < 1.29 is 4.79 Å². The molecule has 0 radical (unpaired) electrons. The topological polar surface area (TPSA) is 58.1 Å². The van der Waals surface area contributed by atoms with Gasteiger partial charge in [0.1, 0.15) is 5.82 Å². The maximum absolute atomic E-state index is 12.0. The van der Waals surface area contributed by atoms with Crippen LogP contribution in [-0.4, -0.2) is 29.0 Å². The molecule has 2 rings (SSSR count). The number of hydrogen-bond donors (Lipinski definition) is 1. The van der Waals surface area contributed by atoms with E-state index in [0.717, 1.165) is 30.2 Å². The summed E-state index contributed by atoms with van der Waals surface area (Å²) in [6.45, 7) is 6.56. The predicted molar refractivity (Wildman–Crippen MR) is 92.2 cm³/mol. The zero-order valence-electron chi connectivity index (χ0n) is 13.8. The zero-order valence-corrected chi connectivity index (χ0v) is 13.8. The highest BCUT2D eigenvalue weighted by Gasteiger charge is 2.06. The van der Waals surface area contributed by atoms with Crippen LogP contribution < -0.4 is 10.2 Å². The highest BCUT2D eigenvalue weighted by atomic mass is 16.1. The number of hydrogen-bond acceptors (Lipinski definition) is 4. The molecule has 2 aromatic rings. The number of pyridine rings is 2. The van der Waals surface area contributed by atoms with Crippen LogP contribution in [0.5, 0.6) is 0 Å². The van der Waals surface area contributed by atoms with Crippen molar-refractivity contribution in [2.45, 2.75) is 33.2 Å². The average molecular weight is 312 g/mol. The first-order valence-corrected chi connectivity index (χ1v) is 8.09. The van der Waals surface area contributed by atoms with Gasteiger partial charge in [-0.15, -0.1) is 0 Å². The standard InChI is InChI=1S/C18H24N4O/c1-3-22(4-2)17-13-15(10-12-20-17)8-9-18(23)21-14-16-7-5-6-11-19-16/h5-7,10-13H,3-4,8-9,14H2,1-2H3,(H,21,23). The van der Waals surface area contributed by atoms with Gasteiger partial charge in [-0.05, 0) is 50.1 Å². The van der Waals surface area contributed by atoms with Crippen LogP contribution >= 0.6 is 0 Å². The minimum Gasteiger partial charge on any atom is -0.357 e. The molecule has 0 aliphatic rings. The Balaban J connectivity index is 1.83. The Morgan fingerprint density at radius 1 is 1.13 bits per heavy atom. The van der Waals surface area contributed by atoms with Crippen molar-refractivity contribution in [1.29, 1.82) is 0 Å². The van der Waals surface area contributed by atoms with E-state index in [2.05, 4.69) is 40.1 Å². The Hall–Kier alpha value is -2.43. The molecule has 2 aromatic heterocycles. The molecule has 5 nitrogen and oxygen atoms in total. The summed E-state index contributed by atoms with van der Waals surface area (Å²) in [5, 5.41) is 2.90. The molecule has 0 atom stereocenters. The van der Waals surface area contributed by atoms with E-state index in [-0.39, 0.29) is 5.91 Å². The molecule has 1 N–H and O–H groups in total. The van der Waals surface area contributed by atoms with Gasteiger partial charge in [0.15, 0.2) is 0 Å². The first kappa shape index (κ1) is 16.9. The van der Waals surface area contributed by atoms with Crippen molar-refractivity contribution >= 4 is 11.7 Å². The number of aryl methyl sites for hydroxylation is 1. The molecule has 0 bridgehead atoms. The molecule has 0 spiro atoms. The summed E-state index contributed by atoms with van der Waals surface area (Å²) in [5.74, 6) is 1.01. The Morgan fingerprint density at radius 3 is 2.65 bits per heavy atom. The SMILES string of the molecule is CCN(CC)c1cc(CCC(=O)NCc2ccccn2)ccn1. The van der Waals surface area contributed by atoms with Crippen LogP contribution in [0.25, 0.3) is 0 Å². The lowest BCUT2D eigenvalue weighted by molar-refractivity contribution is -0.121. The number of carbonyl (C=O) groups is 1. The summed E-state index contributed by atoms with van der Waals surface area (Å²) < 4.78 is 0. The molecule has 0 aromatic carbocycles. The maximum atomic E-state index is 12.0. The fourth-order valence-corrected chi connectivity index (χ4v) is 2.37. The minimum atomic E-state index is 0.0388. The molecule has 122 valence electrons. The first-order valence-electron chi connectivity index (χ1n) is 8.09. The number of nitrogens with one attached hydrogen (secondary N) is 1. The lowest BCUT2D eigenvalue weighted by atomic mass is 10.1. The van der Waals surface area contributed by atoms with Gasteiger partial charge in [0.25, 0.3) is 0 Å². The highest BCUT2D eigenvalue weighted by Crippen LogP contribution is 2.13. The first-order chi connectivity index (χ1) is 11.2. The molecular weight excluding hydrogens is 288 g/mol. The van der Waals surface area contributed by atoms with E-state index in [1.807, 2.05) is 30.5 Å². The van der Waals surface area contributed by atoms with Crippen LogP contribution in [0.1, 0.15) is 31.5 Å². The van der Waals surface area contributed by atoms with Crippen molar-refractivity contribution in [3.8, 4) is 0 Å². The molecule has 0 aliphatic heterocycles. The molecule has 0 fully saturated rings. The van der Waals surface area contributed by atoms with Gasteiger partial charge < -0.3 is 10.2 Å². The van der Waals surface area contributed by atoms with E-state index in [1.165, 1.54) is 0 Å². The summed E-state index contributed by atoms with van der Waals surface area (Å²) in [6.07, 6.45) is 4.72. The van der Waals surface area contributed by atoms with Gasteiger partial charge in [-0.2, -0.15) is 0 Å². The Bertz CT molecular complexity index is 611. The van der Waals surface area contributed by atoms with Gasteiger partial charge in [-0.1, -0.05) is 6.07 Å². The van der Waals surface area contributed by atoms with E-state index in [1.54, 1.807) is 6.20 Å². The maximum Gasteiger partial charge on any atom is 0.220 e. The van der Waals surface area contributed by atoms with E-state index < -0.39 is 0 Å². The monoisotopic (exact) mass is 312 g/mol. The zero-order chi connectivity index (χ0) is 16.5. The molecule has 23 heavy (non-hydrogen) atoms. The Kier molecular flexibility index (Phi) is 6.54. The van der Waals surface area contributed by atoms with Crippen molar-refractivity contribution in [1.82, 2.24) is 15.3 Å². The van der Waals surface area contributed by atoms with Crippen LogP contribution in [-0.2, 0) is 17.8 Å². The molecule has 0 unspecified atom stereocenters. The molecule has 5 heteroatoms. The second-order valence-electron chi connectivity index (χ2n) is 5.29. The summed E-state index contributed by atoms with van der Waals surface area (Å²) in [6, 6.07) is 9.72. The third-order valence-corrected chi connectivity index (χ3v) is 3.73. The highest BCUT2D eigenvalue weighted by molar-refractivity contribution is 5.76. The number of rotatable bonds is 8. The fraction of sp³-hybridized carbons (Fsp3) is 0.389. The molecule has 2 heterocycles. The van der Waals surface area contributed by atoms with Gasteiger partial charge in [0.05, 0.1) is 12.2 Å². The van der Waals surface area contributed by atoms with Crippen molar-refractivity contribution in [3.63, 3.8) is 0 Å². The van der Waals surface area contributed by atoms with Crippen LogP contribution in [0, 0.1) is 0 Å². The lowest BCUT2D eigenvalue weighted by Crippen LogP contribution is -2.24. The largest absolute Gasteiger partial charge is 0.357 e. The third kappa shape index (κ3) is 5.36. The fourth-order valence-electron chi connectivity index (χ4n) is 2.37. The van der Waals surface area contributed by atoms with Crippen LogP contribution in [0.3, 0.4) is 0 Å². The van der Waals surface area contributed by atoms with Gasteiger partial charge in [0, 0.05) is 31.9 Å². The smallest absolute Gasteiger partial charge is 0.220 e. The molecular formula is C18H24N4O. The molecule has 1 amide bonds. The summed E-state index contributed by atoms with van der Waals surface area (Å²) in [7, 11) is 0. The van der Waals surface area contributed by atoms with Crippen molar-refractivity contribution in [2.24, 2.45) is 0 Å². The van der Waals surface area contributed by atoms with E-state index in [4.69, 9.17) is 0 Å². The second-order valence-corrected chi connectivity index (χ2v) is 5.29. The number of amides is 1. The molecule has 0 saturated carbocycles. The summed E-state index contributed by atoms with van der Waals surface area (Å²) in [4.78, 5) is 22.7. The normalized spacial score (nSPS) is 10.3. The van der Waals surface area contributed by atoms with Gasteiger partial charge in [0.2, 0.25) is 5.91 Å². The number of nitrogens with zero attached hydrogens (tertiary/aromatic N) is 3. The minimum absolute atomic E-state index is 0.0388. The number of aromatic nitrogens is 2. The van der Waals surface area contributed by atoms with E-state index in [9.17, 15) is 4.79 Å². The van der Waals surface area contributed by atoms with E-state index >= 15 is 0 Å². The Morgan fingerprint density at radius 2 is 1.96 bits per heavy atom. The van der Waals surface area contributed by atoms with Gasteiger partial charge in [-0.25, -0.2) is 4.98 Å². The summed E-state index contributed by atoms with van der Waals surface area (Å²) >= 11 is 0. The van der Waals surface area contributed by atoms with Crippen LogP contribution in [0.15, 0.2) is 42.7 Å². The lowest BCUT2D eigenvalue weighted by Gasteiger charge is -2.20.